The van der Waals surface area contributed by atoms with Crippen molar-refractivity contribution in [3.63, 3.8) is 0 Å². The number of nitrogens with zero attached hydrogens (tertiary/aromatic N) is 4. The van der Waals surface area contributed by atoms with Crippen molar-refractivity contribution in [2.45, 2.75) is 25.6 Å². The lowest BCUT2D eigenvalue weighted by molar-refractivity contribution is -0.138. The van der Waals surface area contributed by atoms with Crippen molar-refractivity contribution in [1.82, 2.24) is 20.0 Å². The van der Waals surface area contributed by atoms with Gasteiger partial charge >= 0.3 is 6.18 Å². The number of rotatable bonds is 6. The standard InChI is InChI=1S/C18H20F3N5O2S/c19-18(20,21)16-23-24-17(29-16)22-14(27)6-7-15(28)26-10-8-25(9-11-26)12-13-4-2-1-3-5-13/h1-5H,6-12H2,(H,22,24,27). The summed E-state index contributed by atoms with van der Waals surface area (Å²) in [4.78, 5) is 28.2. The fraction of sp³-hybridized carbons (Fsp3) is 0.444. The predicted molar refractivity (Wildman–Crippen MR) is 101 cm³/mol. The Labute approximate surface area is 169 Å². The summed E-state index contributed by atoms with van der Waals surface area (Å²) in [7, 11) is 0. The molecule has 1 aliphatic heterocycles. The number of hydrogen-bond donors (Lipinski definition) is 1. The molecule has 1 N–H and O–H groups in total. The first-order valence-corrected chi connectivity index (χ1v) is 9.87. The Hall–Kier alpha value is -2.53. The monoisotopic (exact) mass is 427 g/mol. The van der Waals surface area contributed by atoms with Crippen molar-refractivity contribution in [3.8, 4) is 0 Å². The van der Waals surface area contributed by atoms with E-state index in [1.807, 2.05) is 18.2 Å². The molecule has 1 aromatic carbocycles. The molecule has 0 radical (unpaired) electrons. The lowest BCUT2D eigenvalue weighted by Crippen LogP contribution is -2.48. The number of alkyl halides is 3. The summed E-state index contributed by atoms with van der Waals surface area (Å²) in [6, 6.07) is 10.1. The topological polar surface area (TPSA) is 78.4 Å². The second kappa shape index (κ2) is 9.31. The van der Waals surface area contributed by atoms with Crippen LogP contribution in [-0.2, 0) is 22.3 Å². The van der Waals surface area contributed by atoms with Crippen molar-refractivity contribution < 1.29 is 22.8 Å². The average Bonchev–Trinajstić information content (AvgIpc) is 3.16. The van der Waals surface area contributed by atoms with Gasteiger partial charge in [-0.3, -0.25) is 14.5 Å². The van der Waals surface area contributed by atoms with Crippen LogP contribution in [0.5, 0.6) is 0 Å². The van der Waals surface area contributed by atoms with Gasteiger partial charge in [0.25, 0.3) is 0 Å². The fourth-order valence-corrected chi connectivity index (χ4v) is 3.57. The third-order valence-corrected chi connectivity index (χ3v) is 5.34. The Bertz CT molecular complexity index is 836. The van der Waals surface area contributed by atoms with E-state index in [9.17, 15) is 22.8 Å². The van der Waals surface area contributed by atoms with E-state index in [4.69, 9.17) is 0 Å². The molecule has 2 aromatic rings. The second-order valence-corrected chi connectivity index (χ2v) is 7.58. The van der Waals surface area contributed by atoms with Crippen LogP contribution in [0.25, 0.3) is 0 Å². The van der Waals surface area contributed by atoms with Crippen LogP contribution >= 0.6 is 11.3 Å². The highest BCUT2D eigenvalue weighted by Crippen LogP contribution is 2.33. The van der Waals surface area contributed by atoms with E-state index in [2.05, 4.69) is 32.5 Å². The molecule has 29 heavy (non-hydrogen) atoms. The highest BCUT2D eigenvalue weighted by Gasteiger charge is 2.35. The Morgan fingerprint density at radius 1 is 1.03 bits per heavy atom. The Morgan fingerprint density at radius 2 is 1.72 bits per heavy atom. The maximum absolute atomic E-state index is 12.5. The smallest absolute Gasteiger partial charge is 0.340 e. The number of aromatic nitrogens is 2. The third-order valence-electron chi connectivity index (χ3n) is 4.45. The Balaban J connectivity index is 1.38. The Morgan fingerprint density at radius 3 is 2.34 bits per heavy atom. The highest BCUT2D eigenvalue weighted by molar-refractivity contribution is 7.15. The first kappa shape index (κ1) is 21.2. The summed E-state index contributed by atoms with van der Waals surface area (Å²) < 4.78 is 37.5. The van der Waals surface area contributed by atoms with E-state index in [0.717, 1.165) is 19.6 Å². The van der Waals surface area contributed by atoms with Gasteiger partial charge in [0.15, 0.2) is 0 Å². The highest BCUT2D eigenvalue weighted by atomic mass is 32.1. The van der Waals surface area contributed by atoms with Gasteiger partial charge in [-0.15, -0.1) is 10.2 Å². The van der Waals surface area contributed by atoms with E-state index in [0.29, 0.717) is 13.1 Å². The number of anilines is 1. The zero-order valence-corrected chi connectivity index (χ0v) is 16.3. The summed E-state index contributed by atoms with van der Waals surface area (Å²) >= 11 is 0.251. The van der Waals surface area contributed by atoms with Gasteiger partial charge in [-0.05, 0) is 5.56 Å². The summed E-state index contributed by atoms with van der Waals surface area (Å²) in [6.45, 7) is 3.49. The number of carbonyl (C=O) groups excluding carboxylic acids is 2. The number of amides is 2. The molecule has 11 heteroatoms. The van der Waals surface area contributed by atoms with Crippen LogP contribution in [0.4, 0.5) is 18.3 Å². The molecule has 0 atom stereocenters. The summed E-state index contributed by atoms with van der Waals surface area (Å²) in [5.41, 5.74) is 1.22. The molecule has 156 valence electrons. The molecule has 3 rings (SSSR count). The maximum Gasteiger partial charge on any atom is 0.445 e. The van der Waals surface area contributed by atoms with E-state index >= 15 is 0 Å². The molecular weight excluding hydrogens is 407 g/mol. The van der Waals surface area contributed by atoms with Gasteiger partial charge in [0.05, 0.1) is 0 Å². The molecule has 0 saturated carbocycles. The van der Waals surface area contributed by atoms with E-state index in [-0.39, 0.29) is 35.2 Å². The van der Waals surface area contributed by atoms with Gasteiger partial charge in [0.1, 0.15) is 0 Å². The molecule has 2 heterocycles. The van der Waals surface area contributed by atoms with Gasteiger partial charge in [0.2, 0.25) is 22.0 Å². The van der Waals surface area contributed by atoms with Crippen molar-refractivity contribution in [1.29, 1.82) is 0 Å². The number of nitrogens with one attached hydrogen (secondary N) is 1. The van der Waals surface area contributed by atoms with Gasteiger partial charge < -0.3 is 10.2 Å². The number of hydrogen-bond acceptors (Lipinski definition) is 6. The van der Waals surface area contributed by atoms with Crippen molar-refractivity contribution in [2.24, 2.45) is 0 Å². The van der Waals surface area contributed by atoms with Crippen LogP contribution < -0.4 is 5.32 Å². The first-order valence-electron chi connectivity index (χ1n) is 9.06. The number of benzene rings is 1. The van der Waals surface area contributed by atoms with Gasteiger partial charge in [-0.25, -0.2) is 0 Å². The molecule has 2 amide bonds. The number of halogens is 3. The van der Waals surface area contributed by atoms with Crippen LogP contribution in [0.1, 0.15) is 23.4 Å². The summed E-state index contributed by atoms with van der Waals surface area (Å²) in [5.74, 6) is -0.710. The maximum atomic E-state index is 12.5. The van der Waals surface area contributed by atoms with Crippen LogP contribution in [0, 0.1) is 0 Å². The molecule has 1 saturated heterocycles. The average molecular weight is 427 g/mol. The summed E-state index contributed by atoms with van der Waals surface area (Å²) in [5, 5.41) is 7.19. The largest absolute Gasteiger partial charge is 0.445 e. The minimum atomic E-state index is -4.60. The van der Waals surface area contributed by atoms with Crippen LogP contribution in [0.3, 0.4) is 0 Å². The quantitative estimate of drug-likeness (QED) is 0.767. The van der Waals surface area contributed by atoms with E-state index in [1.165, 1.54) is 5.56 Å². The molecule has 0 bridgehead atoms. The lowest BCUT2D eigenvalue weighted by Gasteiger charge is -2.34. The molecule has 0 aliphatic carbocycles. The minimum Gasteiger partial charge on any atom is -0.340 e. The summed E-state index contributed by atoms with van der Waals surface area (Å²) in [6.07, 6.45) is -4.72. The van der Waals surface area contributed by atoms with E-state index < -0.39 is 17.1 Å². The molecule has 0 unspecified atom stereocenters. The van der Waals surface area contributed by atoms with Gasteiger partial charge in [0, 0.05) is 45.6 Å². The molecular formula is C18H20F3N5O2S. The fourth-order valence-electron chi connectivity index (χ4n) is 2.95. The zero-order valence-electron chi connectivity index (χ0n) is 15.5. The predicted octanol–water partition coefficient (Wildman–Crippen LogP) is 2.62. The molecule has 0 spiro atoms. The Kier molecular flexibility index (Phi) is 6.80. The number of carbonyl (C=O) groups is 2. The van der Waals surface area contributed by atoms with Crippen molar-refractivity contribution in [2.75, 3.05) is 31.5 Å². The van der Waals surface area contributed by atoms with Crippen LogP contribution in [-0.4, -0.2) is 58.0 Å². The first-order chi connectivity index (χ1) is 13.8. The molecule has 1 aromatic heterocycles. The lowest BCUT2D eigenvalue weighted by atomic mass is 10.2. The number of piperazine rings is 1. The molecule has 1 aliphatic rings. The second-order valence-electron chi connectivity index (χ2n) is 6.60. The van der Waals surface area contributed by atoms with Crippen molar-refractivity contribution >= 4 is 28.3 Å². The SMILES string of the molecule is O=C(CCC(=O)N1CCN(Cc2ccccc2)CC1)Nc1nnc(C(F)(F)F)s1. The third kappa shape index (κ3) is 6.23. The zero-order chi connectivity index (χ0) is 20.9. The van der Waals surface area contributed by atoms with Crippen LogP contribution in [0.15, 0.2) is 30.3 Å². The molecule has 7 nitrogen and oxygen atoms in total. The normalized spacial score (nSPS) is 15.3. The van der Waals surface area contributed by atoms with Crippen molar-refractivity contribution in [3.05, 3.63) is 40.9 Å². The van der Waals surface area contributed by atoms with Gasteiger partial charge in [-0.1, -0.05) is 41.7 Å². The van der Waals surface area contributed by atoms with Crippen LogP contribution in [0.2, 0.25) is 0 Å². The minimum absolute atomic E-state index is 0.00451. The van der Waals surface area contributed by atoms with E-state index in [1.54, 1.807) is 4.90 Å². The molecule has 1 fully saturated rings. The van der Waals surface area contributed by atoms with Gasteiger partial charge in [-0.2, -0.15) is 13.2 Å².